The minimum Gasteiger partial charge on any atom is -0.505 e. The summed E-state index contributed by atoms with van der Waals surface area (Å²) in [5.74, 6) is -0.0235. The molecule has 0 radical (unpaired) electrons. The third-order valence-electron chi connectivity index (χ3n) is 6.30. The number of hydrogen-bond acceptors (Lipinski definition) is 8. The zero-order valence-corrected chi connectivity index (χ0v) is 30.0. The quantitative estimate of drug-likeness (QED) is 0.0470. The molecule has 0 saturated heterocycles. The molecule has 0 aliphatic carbocycles. The molecule has 16 heteroatoms. The topological polar surface area (TPSA) is 208 Å². The number of anilines is 4. The van der Waals surface area contributed by atoms with Crippen LogP contribution in [0.5, 0.6) is 11.5 Å². The van der Waals surface area contributed by atoms with Crippen molar-refractivity contribution in [3.63, 3.8) is 0 Å². The number of nitriles is 4. The van der Waals surface area contributed by atoms with Crippen LogP contribution in [-0.2, 0) is 6.42 Å². The molecule has 0 fully saturated rings. The summed E-state index contributed by atoms with van der Waals surface area (Å²) < 4.78 is 1.06. The predicted octanol–water partition coefficient (Wildman–Crippen LogP) is 9.03. The monoisotopic (exact) mass is 820 g/mol. The molecular weight excluding hydrogens is 799 g/mol. The largest absolute Gasteiger partial charge is 0.505 e. The summed E-state index contributed by atoms with van der Waals surface area (Å²) in [6, 6.07) is 22.5. The zero-order chi connectivity index (χ0) is 35.9. The van der Waals surface area contributed by atoms with E-state index < -0.39 is 0 Å². The molecule has 0 unspecified atom stereocenters. The number of para-hydroxylation sites is 1. The molecule has 4 aromatic carbocycles. The van der Waals surface area contributed by atoms with E-state index in [1.54, 1.807) is 48.8 Å². The molecule has 0 bridgehead atoms. The Hall–Kier alpha value is -5.48. The molecule has 0 amide bonds. The SMILES string of the molecule is CCCc1c(C#N)ccc(N/C(=N\C#N)Nc2cccc(Cl)c2Cl)c1O.N#C/N=C(\Nc1ccccc1Br)Nc1ccc(C#N)c(Br)c1O. The van der Waals surface area contributed by atoms with Crippen LogP contribution >= 0.6 is 55.1 Å². The molecule has 4 rings (SSSR count). The number of phenols is 2. The van der Waals surface area contributed by atoms with Crippen molar-refractivity contribution in [3.8, 4) is 36.0 Å². The summed E-state index contributed by atoms with van der Waals surface area (Å²) in [7, 11) is 0. The van der Waals surface area contributed by atoms with Gasteiger partial charge < -0.3 is 31.5 Å². The maximum Gasteiger partial charge on any atom is 0.216 e. The Morgan fingerprint density at radius 1 is 0.694 bits per heavy atom. The molecule has 0 aliphatic heterocycles. The highest BCUT2D eigenvalue weighted by Crippen LogP contribution is 2.35. The molecule has 0 spiro atoms. The minimum absolute atomic E-state index is 0.0547. The van der Waals surface area contributed by atoms with Crippen LogP contribution in [0.4, 0.5) is 22.7 Å². The lowest BCUT2D eigenvalue weighted by Crippen LogP contribution is -2.22. The van der Waals surface area contributed by atoms with E-state index in [0.29, 0.717) is 50.9 Å². The average Bonchev–Trinajstić information content (AvgIpc) is 3.09. The first-order valence-electron chi connectivity index (χ1n) is 13.9. The van der Waals surface area contributed by atoms with Crippen molar-refractivity contribution in [1.82, 2.24) is 0 Å². The summed E-state index contributed by atoms with van der Waals surface area (Å²) in [6.07, 6.45) is 4.67. The number of hydrogen-bond donors (Lipinski definition) is 6. The van der Waals surface area contributed by atoms with Crippen LogP contribution in [0.1, 0.15) is 30.0 Å². The van der Waals surface area contributed by atoms with Crippen molar-refractivity contribution >= 4 is 89.7 Å². The van der Waals surface area contributed by atoms with Crippen LogP contribution in [-0.4, -0.2) is 22.1 Å². The standard InChI is InChI=1S/C18H15Cl2N5O.C15H9Br2N5O/c1-2-4-12-11(9-21)7-8-15(17(12)26)25-18(23-10-22)24-14-6-3-5-13(19)16(14)20;16-10-3-1-2-4-11(10)21-15(20-8-19)22-12-6-5-9(7-18)13(17)14(12)23/h3,5-8,26H,2,4H2,1H3,(H2,23,24,25);1-6,23H,(H2,20,21,22). The van der Waals surface area contributed by atoms with E-state index in [9.17, 15) is 15.5 Å². The first kappa shape index (κ1) is 38.0. The van der Waals surface area contributed by atoms with Crippen LogP contribution in [0.2, 0.25) is 10.0 Å². The summed E-state index contributed by atoms with van der Waals surface area (Å²) >= 11 is 18.7. The van der Waals surface area contributed by atoms with Gasteiger partial charge in [-0.15, -0.1) is 9.98 Å². The minimum atomic E-state index is -0.149. The van der Waals surface area contributed by atoms with Gasteiger partial charge >= 0.3 is 0 Å². The van der Waals surface area contributed by atoms with Crippen molar-refractivity contribution in [2.75, 3.05) is 21.3 Å². The van der Waals surface area contributed by atoms with Crippen LogP contribution in [0.25, 0.3) is 0 Å². The zero-order valence-electron chi connectivity index (χ0n) is 25.4. The second-order valence-corrected chi connectivity index (χ2v) is 11.9. The third kappa shape index (κ3) is 10.3. The second kappa shape index (κ2) is 18.8. The van der Waals surface area contributed by atoms with Crippen molar-refractivity contribution in [3.05, 3.63) is 102 Å². The van der Waals surface area contributed by atoms with Gasteiger partial charge in [-0.1, -0.05) is 54.7 Å². The normalized spacial score (nSPS) is 10.6. The molecule has 0 saturated carbocycles. The van der Waals surface area contributed by atoms with Crippen molar-refractivity contribution in [2.45, 2.75) is 19.8 Å². The lowest BCUT2D eigenvalue weighted by molar-refractivity contribution is 0.470. The van der Waals surface area contributed by atoms with Gasteiger partial charge in [0.15, 0.2) is 5.75 Å². The first-order valence-corrected chi connectivity index (χ1v) is 16.3. The summed E-state index contributed by atoms with van der Waals surface area (Å²) in [5, 5.41) is 68.6. The van der Waals surface area contributed by atoms with Gasteiger partial charge in [-0.25, -0.2) is 0 Å². The third-order valence-corrected chi connectivity index (χ3v) is 8.61. The maximum absolute atomic E-state index is 10.5. The molecule has 0 heterocycles. The van der Waals surface area contributed by atoms with Gasteiger partial charge in [0.05, 0.1) is 54.5 Å². The van der Waals surface area contributed by atoms with Crippen molar-refractivity contribution in [1.29, 1.82) is 21.0 Å². The first-order chi connectivity index (χ1) is 23.6. The van der Waals surface area contributed by atoms with Crippen molar-refractivity contribution in [2.24, 2.45) is 9.98 Å². The van der Waals surface area contributed by atoms with Gasteiger partial charge in [0, 0.05) is 10.0 Å². The predicted molar refractivity (Wildman–Crippen MR) is 199 cm³/mol. The van der Waals surface area contributed by atoms with Gasteiger partial charge in [-0.2, -0.15) is 21.0 Å². The Morgan fingerprint density at radius 2 is 1.22 bits per heavy atom. The van der Waals surface area contributed by atoms with E-state index in [-0.39, 0.29) is 32.9 Å². The van der Waals surface area contributed by atoms with E-state index in [4.69, 9.17) is 39.0 Å². The van der Waals surface area contributed by atoms with Gasteiger partial charge in [-0.05, 0) is 86.8 Å². The molecule has 246 valence electrons. The molecule has 0 atom stereocenters. The number of rotatable bonds is 6. The van der Waals surface area contributed by atoms with E-state index in [0.717, 1.165) is 10.9 Å². The fourth-order valence-corrected chi connectivity index (χ4v) is 5.21. The molecule has 6 N–H and O–H groups in total. The Balaban J connectivity index is 0.000000267. The maximum atomic E-state index is 10.5. The number of nitrogens with one attached hydrogen (secondary N) is 4. The number of aromatic hydroxyl groups is 2. The molecule has 49 heavy (non-hydrogen) atoms. The highest BCUT2D eigenvalue weighted by molar-refractivity contribution is 9.11. The summed E-state index contributed by atoms with van der Waals surface area (Å²) in [5.41, 5.74) is 2.99. The van der Waals surface area contributed by atoms with Gasteiger partial charge in [0.1, 0.15) is 11.8 Å². The van der Waals surface area contributed by atoms with Crippen LogP contribution in [0, 0.1) is 45.6 Å². The Morgan fingerprint density at radius 3 is 1.80 bits per heavy atom. The van der Waals surface area contributed by atoms with E-state index in [1.807, 2.05) is 31.2 Å². The van der Waals surface area contributed by atoms with Gasteiger partial charge in [-0.3, -0.25) is 0 Å². The Kier molecular flexibility index (Phi) is 14.5. The highest BCUT2D eigenvalue weighted by atomic mass is 79.9. The van der Waals surface area contributed by atoms with E-state index >= 15 is 0 Å². The average molecular weight is 823 g/mol. The number of benzene rings is 4. The Labute approximate surface area is 308 Å². The number of halogens is 4. The van der Waals surface area contributed by atoms with Crippen LogP contribution in [0.15, 0.2) is 85.7 Å². The fraction of sp³-hybridized carbons (Fsp3) is 0.0909. The number of phenolic OH excluding ortho intramolecular Hbond substituents is 2. The van der Waals surface area contributed by atoms with Crippen molar-refractivity contribution < 1.29 is 10.2 Å². The second-order valence-electron chi connectivity index (χ2n) is 9.49. The lowest BCUT2D eigenvalue weighted by Gasteiger charge is -2.15. The van der Waals surface area contributed by atoms with Gasteiger partial charge in [0.25, 0.3) is 0 Å². The van der Waals surface area contributed by atoms with E-state index in [1.165, 1.54) is 12.1 Å². The smallest absolute Gasteiger partial charge is 0.216 e. The summed E-state index contributed by atoms with van der Waals surface area (Å²) in [6.45, 7) is 1.95. The summed E-state index contributed by atoms with van der Waals surface area (Å²) in [4.78, 5) is 7.32. The number of nitrogens with zero attached hydrogens (tertiary/aromatic N) is 6. The number of aliphatic imine (C=N–C) groups is 2. The van der Waals surface area contributed by atoms with Crippen LogP contribution < -0.4 is 21.3 Å². The van der Waals surface area contributed by atoms with Gasteiger partial charge in [0.2, 0.25) is 24.3 Å². The van der Waals surface area contributed by atoms with E-state index in [2.05, 4.69) is 69.2 Å². The molecular formula is C33H24Br2Cl2N10O2. The number of guanidine groups is 2. The van der Waals surface area contributed by atoms with Crippen LogP contribution in [0.3, 0.4) is 0 Å². The molecule has 12 nitrogen and oxygen atoms in total. The molecule has 4 aromatic rings. The fourth-order valence-electron chi connectivity index (χ4n) is 4.04. The highest BCUT2D eigenvalue weighted by Gasteiger charge is 2.15. The lowest BCUT2D eigenvalue weighted by atomic mass is 10.0. The Bertz CT molecular complexity index is 2080. The molecule has 0 aromatic heterocycles. The molecule has 0 aliphatic rings.